The van der Waals surface area contributed by atoms with Gasteiger partial charge in [0.1, 0.15) is 0 Å². The molecule has 0 spiro atoms. The largest absolute Gasteiger partial charge is 0.443 e. The van der Waals surface area contributed by atoms with Crippen LogP contribution in [0, 0.1) is 0 Å². The maximum atomic E-state index is 12.1. The van der Waals surface area contributed by atoms with E-state index < -0.39 is 24.7 Å². The predicted molar refractivity (Wildman–Crippen MR) is 47.7 cm³/mol. The molecule has 0 bridgehead atoms. The second-order valence-electron chi connectivity index (χ2n) is 3.07. The minimum atomic E-state index is -5.29. The summed E-state index contributed by atoms with van der Waals surface area (Å²) in [6.45, 7) is 0. The highest BCUT2D eigenvalue weighted by Gasteiger charge is 2.49. The van der Waals surface area contributed by atoms with E-state index in [1.807, 2.05) is 0 Å². The number of esters is 1. The highest BCUT2D eigenvalue weighted by molar-refractivity contribution is 5.89. The summed E-state index contributed by atoms with van der Waals surface area (Å²) in [7, 11) is 0. The van der Waals surface area contributed by atoms with Crippen molar-refractivity contribution in [3.8, 4) is 0 Å². The van der Waals surface area contributed by atoms with E-state index in [9.17, 15) is 26.7 Å². The number of benzene rings is 1. The average molecular weight is 254 g/mol. The van der Waals surface area contributed by atoms with Crippen LogP contribution in [0.25, 0.3) is 0 Å². The van der Waals surface area contributed by atoms with Gasteiger partial charge in [-0.25, -0.2) is 13.6 Å². The van der Waals surface area contributed by atoms with E-state index in [1.54, 1.807) is 0 Å². The third-order valence-electron chi connectivity index (χ3n) is 1.79. The van der Waals surface area contributed by atoms with Crippen LogP contribution in [0.1, 0.15) is 10.4 Å². The van der Waals surface area contributed by atoms with Crippen molar-refractivity contribution in [2.45, 2.75) is 18.7 Å². The SMILES string of the molecule is O=C(OC(C(F)F)C(F)(F)F)c1ccccc1. The minimum Gasteiger partial charge on any atom is -0.443 e. The Balaban J connectivity index is 2.79. The molecule has 0 aliphatic carbocycles. The summed E-state index contributed by atoms with van der Waals surface area (Å²) < 4.78 is 64.2. The van der Waals surface area contributed by atoms with E-state index in [-0.39, 0.29) is 5.56 Å². The van der Waals surface area contributed by atoms with Gasteiger partial charge in [0.25, 0.3) is 12.5 Å². The molecule has 0 saturated heterocycles. The Morgan fingerprint density at radius 1 is 1.12 bits per heavy atom. The summed E-state index contributed by atoms with van der Waals surface area (Å²) in [6, 6.07) is 6.61. The molecule has 0 heterocycles. The Bertz CT molecular complexity index is 374. The smallest absolute Gasteiger partial charge is 0.431 e. The van der Waals surface area contributed by atoms with Crippen LogP contribution in [0.5, 0.6) is 0 Å². The van der Waals surface area contributed by atoms with Crippen molar-refractivity contribution in [1.82, 2.24) is 0 Å². The van der Waals surface area contributed by atoms with E-state index in [4.69, 9.17) is 0 Å². The van der Waals surface area contributed by atoms with Gasteiger partial charge in [0.05, 0.1) is 5.56 Å². The normalized spacial score (nSPS) is 13.5. The van der Waals surface area contributed by atoms with Gasteiger partial charge in [0, 0.05) is 0 Å². The van der Waals surface area contributed by atoms with Crippen molar-refractivity contribution in [1.29, 1.82) is 0 Å². The predicted octanol–water partition coefficient (Wildman–Crippen LogP) is 3.04. The van der Waals surface area contributed by atoms with Crippen molar-refractivity contribution in [2.75, 3.05) is 0 Å². The molecular formula is C10H7F5O2. The molecule has 0 aliphatic heterocycles. The van der Waals surface area contributed by atoms with Gasteiger partial charge >= 0.3 is 12.1 Å². The molecule has 7 heteroatoms. The van der Waals surface area contributed by atoms with E-state index in [0.29, 0.717) is 0 Å². The van der Waals surface area contributed by atoms with Crippen molar-refractivity contribution in [3.63, 3.8) is 0 Å². The summed E-state index contributed by atoms with van der Waals surface area (Å²) in [4.78, 5) is 11.2. The van der Waals surface area contributed by atoms with Gasteiger partial charge in [0.2, 0.25) is 0 Å². The van der Waals surface area contributed by atoms with Crippen LogP contribution < -0.4 is 0 Å². The van der Waals surface area contributed by atoms with Crippen LogP contribution in [-0.2, 0) is 4.74 Å². The molecule has 0 radical (unpaired) electrons. The van der Waals surface area contributed by atoms with Crippen LogP contribution >= 0.6 is 0 Å². The third-order valence-corrected chi connectivity index (χ3v) is 1.79. The summed E-state index contributed by atoms with van der Waals surface area (Å²) in [5.41, 5.74) is -0.220. The molecule has 0 aromatic heterocycles. The topological polar surface area (TPSA) is 26.3 Å². The molecule has 2 nitrogen and oxygen atoms in total. The summed E-state index contributed by atoms with van der Waals surface area (Å²) in [6.07, 6.45) is -12.5. The molecule has 1 aromatic carbocycles. The Morgan fingerprint density at radius 2 is 1.65 bits per heavy atom. The lowest BCUT2D eigenvalue weighted by atomic mass is 10.2. The molecule has 1 atom stereocenters. The van der Waals surface area contributed by atoms with Gasteiger partial charge in [-0.2, -0.15) is 13.2 Å². The molecule has 0 amide bonds. The number of alkyl halides is 5. The van der Waals surface area contributed by atoms with Crippen LogP contribution in [-0.4, -0.2) is 24.7 Å². The van der Waals surface area contributed by atoms with E-state index in [1.165, 1.54) is 30.3 Å². The van der Waals surface area contributed by atoms with Gasteiger partial charge in [-0.05, 0) is 12.1 Å². The highest BCUT2D eigenvalue weighted by atomic mass is 19.4. The fourth-order valence-corrected chi connectivity index (χ4v) is 1.02. The molecule has 0 N–H and O–H groups in total. The zero-order valence-corrected chi connectivity index (χ0v) is 8.25. The first-order valence-corrected chi connectivity index (χ1v) is 4.43. The highest BCUT2D eigenvalue weighted by Crippen LogP contribution is 2.28. The zero-order chi connectivity index (χ0) is 13.1. The molecule has 0 aliphatic rings. The van der Waals surface area contributed by atoms with Gasteiger partial charge in [-0.1, -0.05) is 18.2 Å². The lowest BCUT2D eigenvalue weighted by Crippen LogP contribution is -2.39. The fourth-order valence-electron chi connectivity index (χ4n) is 1.02. The maximum Gasteiger partial charge on any atom is 0.431 e. The van der Waals surface area contributed by atoms with E-state index in [2.05, 4.69) is 4.74 Å². The minimum absolute atomic E-state index is 0.220. The molecule has 0 saturated carbocycles. The Morgan fingerprint density at radius 3 is 2.06 bits per heavy atom. The van der Waals surface area contributed by atoms with Gasteiger partial charge in [-0.15, -0.1) is 0 Å². The summed E-state index contributed by atoms with van der Waals surface area (Å²) in [5.74, 6) is -1.44. The van der Waals surface area contributed by atoms with Crippen LogP contribution in [0.3, 0.4) is 0 Å². The van der Waals surface area contributed by atoms with Gasteiger partial charge in [-0.3, -0.25) is 0 Å². The second kappa shape index (κ2) is 5.11. The Kier molecular flexibility index (Phi) is 4.03. The second-order valence-corrected chi connectivity index (χ2v) is 3.07. The standard InChI is InChI=1S/C10H7F5O2/c11-8(12)7(10(13,14)15)17-9(16)6-4-2-1-3-5-6/h1-5,7-8H. The van der Waals surface area contributed by atoms with Crippen LogP contribution in [0.2, 0.25) is 0 Å². The number of carbonyl (C=O) groups is 1. The number of carbonyl (C=O) groups excluding carboxylic acids is 1. The monoisotopic (exact) mass is 254 g/mol. The molecule has 94 valence electrons. The fraction of sp³-hybridized carbons (Fsp3) is 0.300. The lowest BCUT2D eigenvalue weighted by molar-refractivity contribution is -0.236. The van der Waals surface area contributed by atoms with Crippen molar-refractivity contribution < 1.29 is 31.5 Å². The molecule has 1 aromatic rings. The molecule has 17 heavy (non-hydrogen) atoms. The first kappa shape index (κ1) is 13.4. The molecule has 1 unspecified atom stereocenters. The summed E-state index contributed by atoms with van der Waals surface area (Å²) >= 11 is 0. The van der Waals surface area contributed by atoms with Crippen molar-refractivity contribution in [2.24, 2.45) is 0 Å². The first-order valence-electron chi connectivity index (χ1n) is 4.43. The van der Waals surface area contributed by atoms with E-state index in [0.717, 1.165) is 0 Å². The van der Waals surface area contributed by atoms with Gasteiger partial charge < -0.3 is 4.74 Å². The number of hydrogen-bond donors (Lipinski definition) is 0. The lowest BCUT2D eigenvalue weighted by Gasteiger charge is -2.19. The van der Waals surface area contributed by atoms with Gasteiger partial charge in [0.15, 0.2) is 0 Å². The molecule has 0 fully saturated rings. The Hall–Kier alpha value is -1.66. The van der Waals surface area contributed by atoms with E-state index >= 15 is 0 Å². The summed E-state index contributed by atoms with van der Waals surface area (Å²) in [5, 5.41) is 0. The van der Waals surface area contributed by atoms with Crippen LogP contribution in [0.4, 0.5) is 22.0 Å². The van der Waals surface area contributed by atoms with Crippen molar-refractivity contribution in [3.05, 3.63) is 35.9 Å². The average Bonchev–Trinajstić information content (AvgIpc) is 2.24. The maximum absolute atomic E-state index is 12.1. The number of ether oxygens (including phenoxy) is 1. The number of rotatable bonds is 3. The van der Waals surface area contributed by atoms with Crippen LogP contribution in [0.15, 0.2) is 30.3 Å². The quantitative estimate of drug-likeness (QED) is 0.612. The molecule has 1 rings (SSSR count). The third kappa shape index (κ3) is 3.69. The number of hydrogen-bond acceptors (Lipinski definition) is 2. The Labute approximate surface area is 93.0 Å². The van der Waals surface area contributed by atoms with Crippen molar-refractivity contribution >= 4 is 5.97 Å². The zero-order valence-electron chi connectivity index (χ0n) is 8.25. The first-order chi connectivity index (χ1) is 7.82. The molecular weight excluding hydrogens is 247 g/mol. The number of halogens is 5.